The molecule has 11 nitrogen and oxygen atoms in total. The van der Waals surface area contributed by atoms with Crippen LogP contribution in [0.15, 0.2) is 53.0 Å². The number of nitrogens with one attached hydrogen (secondary N) is 1. The molecule has 2 aromatic carbocycles. The second-order valence-electron chi connectivity index (χ2n) is 9.62. The number of hydrogen-bond donors (Lipinski definition) is 3. The highest BCUT2D eigenvalue weighted by Crippen LogP contribution is 2.31. The van der Waals surface area contributed by atoms with Crippen molar-refractivity contribution < 1.29 is 36.2 Å². The molecule has 0 radical (unpaired) electrons. The van der Waals surface area contributed by atoms with Gasteiger partial charge in [0.15, 0.2) is 0 Å². The predicted molar refractivity (Wildman–Crippen MR) is 144 cm³/mol. The van der Waals surface area contributed by atoms with Crippen LogP contribution in [0.25, 0.3) is 10.2 Å². The normalized spacial score (nSPS) is 13.9. The predicted octanol–water partition coefficient (Wildman–Crippen LogP) is 4.14. The van der Waals surface area contributed by atoms with Crippen molar-refractivity contribution in [1.82, 2.24) is 25.3 Å². The highest BCUT2D eigenvalue weighted by Gasteiger charge is 2.30. The number of carboxylic acids is 1. The first kappa shape index (κ1) is 30.4. The van der Waals surface area contributed by atoms with Crippen molar-refractivity contribution in [3.63, 3.8) is 0 Å². The van der Waals surface area contributed by atoms with E-state index in [1.54, 1.807) is 29.1 Å². The summed E-state index contributed by atoms with van der Waals surface area (Å²) in [4.78, 5) is 15.5. The summed E-state index contributed by atoms with van der Waals surface area (Å²) in [6.07, 6.45) is -3.12. The van der Waals surface area contributed by atoms with Gasteiger partial charge < -0.3 is 15.2 Å². The maximum atomic E-state index is 13.0. The van der Waals surface area contributed by atoms with E-state index in [1.165, 1.54) is 12.1 Å². The number of aromatic nitrogens is 4. The maximum Gasteiger partial charge on any atom is 0.416 e. The summed E-state index contributed by atoms with van der Waals surface area (Å²) in [5.74, 6) is -0.592. The van der Waals surface area contributed by atoms with Gasteiger partial charge in [0.2, 0.25) is 4.34 Å². The summed E-state index contributed by atoms with van der Waals surface area (Å²) in [6.45, 7) is 4.25. The smallest absolute Gasteiger partial charge is 0.416 e. The number of hydrogen-bond acceptors (Lipinski definition) is 9. The van der Waals surface area contributed by atoms with Crippen LogP contribution in [0.3, 0.4) is 0 Å². The number of rotatable bonds is 12. The fraction of sp³-hybridized carbons (Fsp3) is 0.360. The molecule has 0 amide bonds. The third-order valence-corrected chi connectivity index (χ3v) is 8.57. The van der Waals surface area contributed by atoms with Crippen LogP contribution in [-0.2, 0) is 27.6 Å². The number of ether oxygens (including phenoxy) is 1. The summed E-state index contributed by atoms with van der Waals surface area (Å²) < 4.78 is 69.8. The number of benzene rings is 2. The monoisotopic (exact) mass is 612 g/mol. The average molecular weight is 613 g/mol. The zero-order valence-electron chi connectivity index (χ0n) is 21.9. The number of carbonyl (C=O) groups is 1. The summed E-state index contributed by atoms with van der Waals surface area (Å²) in [5.41, 5.74) is 0.592. The first-order valence-corrected chi connectivity index (χ1v) is 14.7. The summed E-state index contributed by atoms with van der Waals surface area (Å²) in [6, 6.07) is 8.35. The van der Waals surface area contributed by atoms with Crippen LogP contribution in [0.2, 0.25) is 0 Å². The van der Waals surface area contributed by atoms with E-state index in [2.05, 4.69) is 20.6 Å². The largest absolute Gasteiger partial charge is 0.487 e. The zero-order valence-corrected chi connectivity index (χ0v) is 23.5. The molecule has 220 valence electrons. The van der Waals surface area contributed by atoms with Crippen LogP contribution >= 0.6 is 11.3 Å². The van der Waals surface area contributed by atoms with Crippen molar-refractivity contribution in [1.29, 1.82) is 0 Å². The Labute approximate surface area is 237 Å². The molecule has 0 aliphatic heterocycles. The molecule has 2 heterocycles. The Kier molecular flexibility index (Phi) is 8.96. The fourth-order valence-corrected chi connectivity index (χ4v) is 5.76. The molecule has 16 heteroatoms. The topological polar surface area (TPSA) is 162 Å². The van der Waals surface area contributed by atoms with Crippen LogP contribution < -0.4 is 15.2 Å². The molecule has 4 aromatic rings. The number of aliphatic carboxylic acids is 1. The van der Waals surface area contributed by atoms with E-state index in [4.69, 9.17) is 9.88 Å². The highest BCUT2D eigenvalue weighted by atomic mass is 32.2. The molecule has 0 saturated carbocycles. The molecule has 0 aliphatic rings. The Morgan fingerprint density at radius 2 is 1.90 bits per heavy atom. The number of thiazole rings is 1. The number of alkyl halides is 3. The first-order valence-electron chi connectivity index (χ1n) is 12.3. The minimum Gasteiger partial charge on any atom is -0.487 e. The number of halogens is 3. The molecular weight excluding hydrogens is 585 g/mol. The number of sulfonamides is 1. The molecule has 0 fully saturated rings. The molecule has 0 unspecified atom stereocenters. The van der Waals surface area contributed by atoms with E-state index in [9.17, 15) is 31.5 Å². The number of primary sulfonamides is 1. The van der Waals surface area contributed by atoms with Gasteiger partial charge in [-0.25, -0.2) is 23.2 Å². The number of carboxylic acid groups (broad SMARTS) is 1. The SMILES string of the molecule is CC(C)[C@H](CN[C@@H](CC(=O)O)c1ccc(C(F)(F)F)cc1)n1cc(COc2ccc3nc(S(N)(=O)=O)sc3c2)nn1. The van der Waals surface area contributed by atoms with Crippen molar-refractivity contribution in [2.24, 2.45) is 11.1 Å². The van der Waals surface area contributed by atoms with Crippen molar-refractivity contribution in [3.05, 3.63) is 65.5 Å². The van der Waals surface area contributed by atoms with Crippen LogP contribution in [0, 0.1) is 5.92 Å². The standard InChI is InChI=1S/C25H27F3N6O5S2/c1-14(2)21(11-30-20(10-23(35)36)15-3-5-16(6-4-15)25(26,27)28)34-12-17(32-33-34)13-39-18-7-8-19-22(9-18)40-24(31-19)41(29,37)38/h3-9,12,14,20-21,30H,10-11,13H2,1-2H3,(H,35,36)(H2,29,37,38)/t20-,21-/m0/s1. The third-order valence-electron chi connectivity index (χ3n) is 6.23. The number of nitrogens with zero attached hydrogens (tertiary/aromatic N) is 4. The van der Waals surface area contributed by atoms with Crippen LogP contribution in [-0.4, -0.2) is 46.0 Å². The van der Waals surface area contributed by atoms with Gasteiger partial charge in [0.05, 0.1) is 34.4 Å². The fourth-order valence-electron chi connectivity index (χ4n) is 4.08. The van der Waals surface area contributed by atoms with E-state index >= 15 is 0 Å². The zero-order chi connectivity index (χ0) is 29.9. The molecule has 2 aromatic heterocycles. The van der Waals surface area contributed by atoms with Gasteiger partial charge in [-0.1, -0.05) is 31.2 Å². The van der Waals surface area contributed by atoms with E-state index < -0.39 is 33.8 Å². The first-order chi connectivity index (χ1) is 19.2. The quantitative estimate of drug-likeness (QED) is 0.213. The van der Waals surface area contributed by atoms with Crippen molar-refractivity contribution in [3.8, 4) is 5.75 Å². The Morgan fingerprint density at radius 3 is 2.51 bits per heavy atom. The highest BCUT2D eigenvalue weighted by molar-refractivity contribution is 7.91. The minimum atomic E-state index is -4.49. The molecular formula is C25H27F3N6O5S2. The van der Waals surface area contributed by atoms with Gasteiger partial charge in [0.1, 0.15) is 18.1 Å². The second-order valence-corrected chi connectivity index (χ2v) is 12.4. The Morgan fingerprint density at radius 1 is 1.20 bits per heavy atom. The van der Waals surface area contributed by atoms with Crippen LogP contribution in [0.4, 0.5) is 13.2 Å². The van der Waals surface area contributed by atoms with Gasteiger partial charge in [0, 0.05) is 12.6 Å². The van der Waals surface area contributed by atoms with Gasteiger partial charge in [-0.2, -0.15) is 13.2 Å². The van der Waals surface area contributed by atoms with Gasteiger partial charge in [-0.15, -0.1) is 16.4 Å². The molecule has 0 spiro atoms. The third kappa shape index (κ3) is 7.78. The summed E-state index contributed by atoms with van der Waals surface area (Å²) in [5, 5.41) is 26.0. The Bertz CT molecular complexity index is 1620. The van der Waals surface area contributed by atoms with Gasteiger partial charge in [-0.3, -0.25) is 4.79 Å². The molecule has 0 bridgehead atoms. The minimum absolute atomic E-state index is 0.0396. The Hall–Kier alpha value is -3.60. The lowest BCUT2D eigenvalue weighted by Gasteiger charge is -2.25. The van der Waals surface area contributed by atoms with E-state index in [-0.39, 0.29) is 35.9 Å². The van der Waals surface area contributed by atoms with Crippen LogP contribution in [0.1, 0.15) is 49.2 Å². The molecule has 2 atom stereocenters. The lowest BCUT2D eigenvalue weighted by atomic mass is 9.99. The average Bonchev–Trinajstić information content (AvgIpc) is 3.53. The summed E-state index contributed by atoms with van der Waals surface area (Å²) in [7, 11) is -3.91. The molecule has 41 heavy (non-hydrogen) atoms. The molecule has 0 saturated heterocycles. The summed E-state index contributed by atoms with van der Waals surface area (Å²) >= 11 is 0.933. The van der Waals surface area contributed by atoms with Crippen molar-refractivity contribution in [2.45, 2.75) is 49.5 Å². The van der Waals surface area contributed by atoms with Gasteiger partial charge in [-0.05, 0) is 41.8 Å². The Balaban J connectivity index is 1.43. The molecule has 4 N–H and O–H groups in total. The van der Waals surface area contributed by atoms with Crippen molar-refractivity contribution >= 4 is 37.5 Å². The van der Waals surface area contributed by atoms with E-state index in [0.29, 0.717) is 27.2 Å². The number of nitrogens with two attached hydrogens (primary N) is 1. The second kappa shape index (κ2) is 12.1. The lowest BCUT2D eigenvalue weighted by Crippen LogP contribution is -2.33. The number of fused-ring (bicyclic) bond motifs is 1. The van der Waals surface area contributed by atoms with Gasteiger partial charge >= 0.3 is 12.1 Å². The maximum absolute atomic E-state index is 13.0. The van der Waals surface area contributed by atoms with E-state index in [0.717, 1.165) is 23.5 Å². The molecule has 4 rings (SSSR count). The van der Waals surface area contributed by atoms with Crippen LogP contribution in [0.5, 0.6) is 5.75 Å². The van der Waals surface area contributed by atoms with Crippen molar-refractivity contribution in [2.75, 3.05) is 6.54 Å². The lowest BCUT2D eigenvalue weighted by molar-refractivity contribution is -0.138. The van der Waals surface area contributed by atoms with E-state index in [1.807, 2.05) is 13.8 Å². The van der Waals surface area contributed by atoms with Gasteiger partial charge in [0.25, 0.3) is 10.0 Å². The molecule has 0 aliphatic carbocycles.